The van der Waals surface area contributed by atoms with Crippen LogP contribution >= 0.6 is 0 Å². The molecule has 1 N–H and O–H groups in total. The molecule has 6 heteroatoms. The van der Waals surface area contributed by atoms with Crippen molar-refractivity contribution in [2.45, 2.75) is 12.8 Å². The van der Waals surface area contributed by atoms with Gasteiger partial charge in [-0.1, -0.05) is 0 Å². The summed E-state index contributed by atoms with van der Waals surface area (Å²) in [6.07, 6.45) is 3.64. The molecule has 1 saturated heterocycles. The molecular formula is C10H12FN3O2. The van der Waals surface area contributed by atoms with Crippen molar-refractivity contribution in [1.29, 1.82) is 0 Å². The minimum Gasteiger partial charge on any atom is -0.481 e. The van der Waals surface area contributed by atoms with Crippen LogP contribution in [0.1, 0.15) is 12.8 Å². The summed E-state index contributed by atoms with van der Waals surface area (Å²) in [6.45, 7) is 1.11. The average Bonchev–Trinajstić information content (AvgIpc) is 2.30. The smallest absolute Gasteiger partial charge is 0.308 e. The second-order valence-electron chi connectivity index (χ2n) is 3.82. The summed E-state index contributed by atoms with van der Waals surface area (Å²) >= 11 is 0. The molecule has 1 aromatic rings. The van der Waals surface area contributed by atoms with Crippen LogP contribution in [0.4, 0.5) is 10.3 Å². The lowest BCUT2D eigenvalue weighted by Crippen LogP contribution is -2.39. The Balaban J connectivity index is 2.09. The van der Waals surface area contributed by atoms with Crippen LogP contribution in [0.15, 0.2) is 12.4 Å². The highest BCUT2D eigenvalue weighted by atomic mass is 19.1. The van der Waals surface area contributed by atoms with E-state index in [1.54, 1.807) is 4.90 Å². The molecule has 0 amide bonds. The first-order chi connectivity index (χ1) is 7.66. The molecular weight excluding hydrogens is 213 g/mol. The van der Waals surface area contributed by atoms with E-state index in [1.165, 1.54) is 0 Å². The number of hydrogen-bond acceptors (Lipinski definition) is 4. The molecule has 86 valence electrons. The number of hydrogen-bond donors (Lipinski definition) is 1. The lowest BCUT2D eigenvalue weighted by Gasteiger charge is -2.30. The molecule has 0 aliphatic carbocycles. The monoisotopic (exact) mass is 225 g/mol. The normalized spacial score (nSPS) is 20.8. The summed E-state index contributed by atoms with van der Waals surface area (Å²) in [5.74, 6) is -1.28. The van der Waals surface area contributed by atoms with Crippen LogP contribution in [-0.4, -0.2) is 34.1 Å². The van der Waals surface area contributed by atoms with Gasteiger partial charge in [0.05, 0.1) is 18.3 Å². The Morgan fingerprint density at radius 2 is 2.19 bits per heavy atom. The standard InChI is InChI=1S/C10H12FN3O2/c11-8-4-12-10(13-5-8)14-3-1-2-7(6-14)9(15)16/h4-5,7H,1-3,6H2,(H,15,16)/t7-/m1/s1. The van der Waals surface area contributed by atoms with Crippen molar-refractivity contribution in [2.75, 3.05) is 18.0 Å². The number of anilines is 1. The SMILES string of the molecule is O=C(O)[C@@H]1CCCN(c2ncc(F)cn2)C1. The number of aliphatic carboxylic acids is 1. The maximum atomic E-state index is 12.6. The Bertz CT molecular complexity index is 382. The van der Waals surface area contributed by atoms with Gasteiger partial charge in [0.15, 0.2) is 5.82 Å². The first-order valence-electron chi connectivity index (χ1n) is 5.12. The molecule has 1 aromatic heterocycles. The number of piperidine rings is 1. The molecule has 5 nitrogen and oxygen atoms in total. The van der Waals surface area contributed by atoms with Gasteiger partial charge in [-0.05, 0) is 12.8 Å². The Kier molecular flexibility index (Phi) is 2.98. The zero-order valence-electron chi connectivity index (χ0n) is 8.64. The topological polar surface area (TPSA) is 66.3 Å². The highest BCUT2D eigenvalue weighted by Crippen LogP contribution is 2.20. The van der Waals surface area contributed by atoms with Crippen molar-refractivity contribution in [3.8, 4) is 0 Å². The molecule has 0 bridgehead atoms. The molecule has 2 rings (SSSR count). The van der Waals surface area contributed by atoms with E-state index >= 15 is 0 Å². The number of halogens is 1. The van der Waals surface area contributed by atoms with Crippen LogP contribution in [0.3, 0.4) is 0 Å². The molecule has 1 fully saturated rings. The van der Waals surface area contributed by atoms with Crippen LogP contribution in [0, 0.1) is 11.7 Å². The molecule has 0 unspecified atom stereocenters. The molecule has 1 atom stereocenters. The third-order valence-corrected chi connectivity index (χ3v) is 2.66. The predicted octanol–water partition coefficient (Wildman–Crippen LogP) is 0.917. The van der Waals surface area contributed by atoms with E-state index in [1.807, 2.05) is 0 Å². The Labute approximate surface area is 91.9 Å². The van der Waals surface area contributed by atoms with E-state index < -0.39 is 11.8 Å². The highest BCUT2D eigenvalue weighted by Gasteiger charge is 2.26. The van der Waals surface area contributed by atoms with Crippen molar-refractivity contribution in [1.82, 2.24) is 9.97 Å². The van der Waals surface area contributed by atoms with E-state index in [9.17, 15) is 9.18 Å². The van der Waals surface area contributed by atoms with Crippen LogP contribution in [0.2, 0.25) is 0 Å². The number of nitrogens with zero attached hydrogens (tertiary/aromatic N) is 3. The van der Waals surface area contributed by atoms with Crippen molar-refractivity contribution in [3.63, 3.8) is 0 Å². The van der Waals surface area contributed by atoms with Crippen molar-refractivity contribution in [3.05, 3.63) is 18.2 Å². The molecule has 0 saturated carbocycles. The van der Waals surface area contributed by atoms with Gasteiger partial charge in [-0.25, -0.2) is 14.4 Å². The number of aromatic nitrogens is 2. The number of carboxylic acid groups (broad SMARTS) is 1. The average molecular weight is 225 g/mol. The van der Waals surface area contributed by atoms with Gasteiger partial charge in [0.1, 0.15) is 0 Å². The number of carboxylic acids is 1. The Morgan fingerprint density at radius 1 is 1.50 bits per heavy atom. The molecule has 0 radical (unpaired) electrons. The zero-order chi connectivity index (χ0) is 11.5. The first-order valence-corrected chi connectivity index (χ1v) is 5.12. The zero-order valence-corrected chi connectivity index (χ0v) is 8.64. The van der Waals surface area contributed by atoms with E-state index in [-0.39, 0.29) is 5.92 Å². The molecule has 1 aliphatic rings. The van der Waals surface area contributed by atoms with Gasteiger partial charge < -0.3 is 10.0 Å². The summed E-state index contributed by atoms with van der Waals surface area (Å²) in [6, 6.07) is 0. The molecule has 0 spiro atoms. The second-order valence-corrected chi connectivity index (χ2v) is 3.82. The van der Waals surface area contributed by atoms with E-state index in [0.717, 1.165) is 25.4 Å². The van der Waals surface area contributed by atoms with Gasteiger partial charge in [-0.15, -0.1) is 0 Å². The number of carbonyl (C=O) groups is 1. The van der Waals surface area contributed by atoms with Gasteiger partial charge >= 0.3 is 5.97 Å². The molecule has 0 aromatic carbocycles. The summed E-state index contributed by atoms with van der Waals surface area (Å²) in [4.78, 5) is 20.3. The van der Waals surface area contributed by atoms with Gasteiger partial charge in [0, 0.05) is 13.1 Å². The second kappa shape index (κ2) is 4.42. The lowest BCUT2D eigenvalue weighted by atomic mass is 9.99. The maximum absolute atomic E-state index is 12.6. The van der Waals surface area contributed by atoms with E-state index in [2.05, 4.69) is 9.97 Å². The van der Waals surface area contributed by atoms with E-state index in [4.69, 9.17) is 5.11 Å². The first kappa shape index (κ1) is 10.8. The third-order valence-electron chi connectivity index (χ3n) is 2.66. The van der Waals surface area contributed by atoms with Crippen LogP contribution in [0.25, 0.3) is 0 Å². The van der Waals surface area contributed by atoms with Crippen molar-refractivity contribution < 1.29 is 14.3 Å². The van der Waals surface area contributed by atoms with Crippen LogP contribution in [-0.2, 0) is 4.79 Å². The molecule has 1 aliphatic heterocycles. The predicted molar refractivity (Wildman–Crippen MR) is 54.6 cm³/mol. The highest BCUT2D eigenvalue weighted by molar-refractivity contribution is 5.71. The fourth-order valence-electron chi connectivity index (χ4n) is 1.83. The van der Waals surface area contributed by atoms with Gasteiger partial charge in [0.2, 0.25) is 5.95 Å². The van der Waals surface area contributed by atoms with Gasteiger partial charge in [-0.2, -0.15) is 0 Å². The van der Waals surface area contributed by atoms with E-state index in [0.29, 0.717) is 18.9 Å². The van der Waals surface area contributed by atoms with Crippen molar-refractivity contribution >= 4 is 11.9 Å². The van der Waals surface area contributed by atoms with Crippen molar-refractivity contribution in [2.24, 2.45) is 5.92 Å². The maximum Gasteiger partial charge on any atom is 0.308 e. The van der Waals surface area contributed by atoms with Gasteiger partial charge in [-0.3, -0.25) is 4.79 Å². The summed E-state index contributed by atoms with van der Waals surface area (Å²) < 4.78 is 12.6. The lowest BCUT2D eigenvalue weighted by molar-refractivity contribution is -0.141. The van der Waals surface area contributed by atoms with Crippen LogP contribution < -0.4 is 4.90 Å². The van der Waals surface area contributed by atoms with Crippen LogP contribution in [0.5, 0.6) is 0 Å². The van der Waals surface area contributed by atoms with Gasteiger partial charge in [0.25, 0.3) is 0 Å². The summed E-state index contributed by atoms with van der Waals surface area (Å²) in [5, 5.41) is 8.92. The fourth-order valence-corrected chi connectivity index (χ4v) is 1.83. The Morgan fingerprint density at radius 3 is 2.81 bits per heavy atom. The fraction of sp³-hybridized carbons (Fsp3) is 0.500. The largest absolute Gasteiger partial charge is 0.481 e. The molecule has 16 heavy (non-hydrogen) atoms. The summed E-state index contributed by atoms with van der Waals surface area (Å²) in [7, 11) is 0. The minimum atomic E-state index is -0.799. The quantitative estimate of drug-likeness (QED) is 0.810. The Hall–Kier alpha value is -1.72. The molecule has 2 heterocycles. The number of rotatable bonds is 2. The summed E-state index contributed by atoms with van der Waals surface area (Å²) in [5.41, 5.74) is 0. The third kappa shape index (κ3) is 2.26. The minimum absolute atomic E-state index is 0.387.